The Kier molecular flexibility index (Phi) is 8.44. The van der Waals surface area contributed by atoms with Gasteiger partial charge in [-0.25, -0.2) is 23.7 Å². The molecule has 0 radical (unpaired) electrons. The lowest BCUT2D eigenvalue weighted by Crippen LogP contribution is -2.45. The van der Waals surface area contributed by atoms with E-state index >= 15 is 0 Å². The third-order valence-electron chi connectivity index (χ3n) is 5.92. The number of methoxy groups -OCH3 is 1. The van der Waals surface area contributed by atoms with Gasteiger partial charge in [0, 0.05) is 38.8 Å². The molecular formula is C25H30F2N6O3. The molecule has 1 fully saturated rings. The zero-order chi connectivity index (χ0) is 25.5. The van der Waals surface area contributed by atoms with Gasteiger partial charge >= 0.3 is 0 Å². The predicted molar refractivity (Wildman–Crippen MR) is 131 cm³/mol. The maximum absolute atomic E-state index is 14.4. The minimum absolute atomic E-state index is 0.0386. The van der Waals surface area contributed by atoms with Gasteiger partial charge in [-0.1, -0.05) is 0 Å². The van der Waals surface area contributed by atoms with Crippen LogP contribution < -0.4 is 19.5 Å². The summed E-state index contributed by atoms with van der Waals surface area (Å²) in [7, 11) is 3.46. The minimum atomic E-state index is -0.793. The molecule has 0 bridgehead atoms. The van der Waals surface area contributed by atoms with Crippen molar-refractivity contribution in [3.8, 4) is 17.4 Å². The minimum Gasteiger partial charge on any atom is -0.494 e. The molecule has 1 aliphatic heterocycles. The molecule has 3 aromatic rings. The average Bonchev–Trinajstić information content (AvgIpc) is 2.89. The van der Waals surface area contributed by atoms with Crippen LogP contribution in [0.4, 0.5) is 20.4 Å². The number of pyridine rings is 1. The molecule has 36 heavy (non-hydrogen) atoms. The van der Waals surface area contributed by atoms with Gasteiger partial charge in [0.2, 0.25) is 11.8 Å². The monoisotopic (exact) mass is 500 g/mol. The lowest BCUT2D eigenvalue weighted by atomic mass is 10.1. The fourth-order valence-corrected chi connectivity index (χ4v) is 3.71. The normalized spacial score (nSPS) is 14.5. The number of halogens is 2. The summed E-state index contributed by atoms with van der Waals surface area (Å²) in [6.07, 6.45) is 4.47. The number of aromatic nitrogens is 3. The van der Waals surface area contributed by atoms with E-state index in [1.807, 2.05) is 6.07 Å². The summed E-state index contributed by atoms with van der Waals surface area (Å²) < 4.78 is 45.0. The molecule has 1 aromatic carbocycles. The van der Waals surface area contributed by atoms with Gasteiger partial charge in [0.15, 0.2) is 17.3 Å². The fraction of sp³-hybridized carbons (Fsp3) is 0.400. The van der Waals surface area contributed by atoms with Crippen molar-refractivity contribution in [2.45, 2.75) is 13.5 Å². The molecule has 192 valence electrons. The van der Waals surface area contributed by atoms with Gasteiger partial charge < -0.3 is 24.4 Å². The first-order valence-corrected chi connectivity index (χ1v) is 11.7. The Balaban J connectivity index is 1.26. The number of piperazine rings is 1. The summed E-state index contributed by atoms with van der Waals surface area (Å²) in [4.78, 5) is 17.4. The zero-order valence-corrected chi connectivity index (χ0v) is 20.6. The van der Waals surface area contributed by atoms with Crippen molar-refractivity contribution in [2.24, 2.45) is 0 Å². The van der Waals surface area contributed by atoms with E-state index in [9.17, 15) is 8.78 Å². The Labute approximate surface area is 209 Å². The van der Waals surface area contributed by atoms with Crippen LogP contribution in [-0.2, 0) is 6.61 Å². The summed E-state index contributed by atoms with van der Waals surface area (Å²) in [5.74, 6) is -0.370. The lowest BCUT2D eigenvalue weighted by Gasteiger charge is -2.32. The topological polar surface area (TPSA) is 84.9 Å². The van der Waals surface area contributed by atoms with E-state index in [2.05, 4.69) is 37.1 Å². The molecule has 0 unspecified atom stereocenters. The van der Waals surface area contributed by atoms with Gasteiger partial charge in [0.05, 0.1) is 37.0 Å². The van der Waals surface area contributed by atoms with Crippen LogP contribution in [0.25, 0.3) is 0 Å². The smallest absolute Gasteiger partial charge is 0.227 e. The van der Waals surface area contributed by atoms with E-state index in [0.717, 1.165) is 32.7 Å². The van der Waals surface area contributed by atoms with E-state index in [1.54, 1.807) is 12.3 Å². The standard InChI is InChI=1S/C25H30F2N6O3/c1-17-12-21(34-3)24(27)20(23(17)26)16-36-19-14-29-25(30-15-19)31-18-4-5-22(28-13-18)35-11-10-33-8-6-32(2)7-9-33/h4-5,12-15H,6-11,16H2,1-3H3,(H,29,30,31). The van der Waals surface area contributed by atoms with Gasteiger partial charge in [0.25, 0.3) is 0 Å². The van der Waals surface area contributed by atoms with Crippen molar-refractivity contribution in [1.82, 2.24) is 24.8 Å². The van der Waals surface area contributed by atoms with E-state index < -0.39 is 11.6 Å². The Bertz CT molecular complexity index is 1140. The highest BCUT2D eigenvalue weighted by atomic mass is 19.1. The maximum atomic E-state index is 14.4. The number of likely N-dealkylation sites (N-methyl/N-ethyl adjacent to an activating group) is 1. The van der Waals surface area contributed by atoms with Crippen LogP contribution in [0.5, 0.6) is 17.4 Å². The van der Waals surface area contributed by atoms with Crippen molar-refractivity contribution < 1.29 is 23.0 Å². The van der Waals surface area contributed by atoms with Gasteiger partial charge in [0.1, 0.15) is 19.0 Å². The number of benzene rings is 1. The molecule has 2 aromatic heterocycles. The summed E-state index contributed by atoms with van der Waals surface area (Å²) in [5.41, 5.74) is 0.736. The molecule has 0 atom stereocenters. The van der Waals surface area contributed by atoms with Crippen LogP contribution in [0, 0.1) is 18.6 Å². The molecular weight excluding hydrogens is 470 g/mol. The number of nitrogens with one attached hydrogen (secondary N) is 1. The van der Waals surface area contributed by atoms with Gasteiger partial charge in [-0.2, -0.15) is 0 Å². The number of rotatable bonds is 10. The summed E-state index contributed by atoms with van der Waals surface area (Å²) >= 11 is 0. The summed E-state index contributed by atoms with van der Waals surface area (Å²) in [5, 5.41) is 3.04. The lowest BCUT2D eigenvalue weighted by molar-refractivity contribution is 0.132. The molecule has 3 heterocycles. The second-order valence-corrected chi connectivity index (χ2v) is 8.54. The number of hydrogen-bond acceptors (Lipinski definition) is 9. The third kappa shape index (κ3) is 6.55. The van der Waals surface area contributed by atoms with Crippen LogP contribution in [0.1, 0.15) is 11.1 Å². The van der Waals surface area contributed by atoms with Crippen LogP contribution in [0.15, 0.2) is 36.8 Å². The van der Waals surface area contributed by atoms with E-state index in [4.69, 9.17) is 14.2 Å². The van der Waals surface area contributed by atoms with Crippen molar-refractivity contribution in [1.29, 1.82) is 0 Å². The van der Waals surface area contributed by atoms with E-state index in [0.29, 0.717) is 24.1 Å². The number of aryl methyl sites for hydroxylation is 1. The van der Waals surface area contributed by atoms with Crippen molar-refractivity contribution in [3.05, 3.63) is 59.6 Å². The average molecular weight is 501 g/mol. The van der Waals surface area contributed by atoms with Crippen LogP contribution in [0.2, 0.25) is 0 Å². The van der Waals surface area contributed by atoms with Crippen LogP contribution >= 0.6 is 0 Å². The van der Waals surface area contributed by atoms with Gasteiger partial charge in [-0.3, -0.25) is 4.90 Å². The highest BCUT2D eigenvalue weighted by Crippen LogP contribution is 2.27. The van der Waals surface area contributed by atoms with Gasteiger partial charge in [-0.15, -0.1) is 0 Å². The highest BCUT2D eigenvalue weighted by molar-refractivity contribution is 5.52. The molecule has 0 amide bonds. The molecule has 0 saturated carbocycles. The number of hydrogen-bond donors (Lipinski definition) is 1. The quantitative estimate of drug-likeness (QED) is 0.450. The third-order valence-corrected chi connectivity index (χ3v) is 5.92. The van der Waals surface area contributed by atoms with Crippen molar-refractivity contribution in [2.75, 3.05) is 58.8 Å². The molecule has 1 saturated heterocycles. The molecule has 9 nitrogen and oxygen atoms in total. The van der Waals surface area contributed by atoms with Crippen LogP contribution in [0.3, 0.4) is 0 Å². The predicted octanol–water partition coefficient (Wildman–Crippen LogP) is 3.42. The number of ether oxygens (including phenoxy) is 3. The van der Waals surface area contributed by atoms with E-state index in [1.165, 1.54) is 32.5 Å². The first-order chi connectivity index (χ1) is 17.4. The molecule has 1 aliphatic rings. The van der Waals surface area contributed by atoms with Crippen molar-refractivity contribution >= 4 is 11.6 Å². The molecule has 0 aliphatic carbocycles. The maximum Gasteiger partial charge on any atom is 0.227 e. The van der Waals surface area contributed by atoms with Crippen molar-refractivity contribution in [3.63, 3.8) is 0 Å². The molecule has 1 N–H and O–H groups in total. The Hall–Kier alpha value is -3.57. The second-order valence-electron chi connectivity index (χ2n) is 8.54. The largest absolute Gasteiger partial charge is 0.494 e. The highest BCUT2D eigenvalue weighted by Gasteiger charge is 2.18. The molecule has 0 spiro atoms. The summed E-state index contributed by atoms with van der Waals surface area (Å²) in [6, 6.07) is 4.91. The first-order valence-electron chi connectivity index (χ1n) is 11.7. The number of nitrogens with zero attached hydrogens (tertiary/aromatic N) is 5. The van der Waals surface area contributed by atoms with Crippen LogP contribution in [-0.4, -0.2) is 78.2 Å². The SMILES string of the molecule is COc1cc(C)c(F)c(COc2cnc(Nc3ccc(OCCN4CCN(C)CC4)nc3)nc2)c1F. The number of anilines is 2. The Morgan fingerprint density at radius 3 is 2.39 bits per heavy atom. The zero-order valence-electron chi connectivity index (χ0n) is 20.6. The Morgan fingerprint density at radius 2 is 1.72 bits per heavy atom. The van der Waals surface area contributed by atoms with E-state index in [-0.39, 0.29) is 29.2 Å². The van der Waals surface area contributed by atoms with Gasteiger partial charge in [-0.05, 0) is 31.7 Å². The first kappa shape index (κ1) is 25.5. The fourth-order valence-electron chi connectivity index (χ4n) is 3.71. The second kappa shape index (κ2) is 11.9. The summed E-state index contributed by atoms with van der Waals surface area (Å²) in [6.45, 7) is 6.91. The Morgan fingerprint density at radius 1 is 0.972 bits per heavy atom. The molecule has 4 rings (SSSR count). The molecule has 11 heteroatoms.